The summed E-state index contributed by atoms with van der Waals surface area (Å²) < 4.78 is 0. The smallest absolute Gasteiger partial charge is 0.0317 e. The van der Waals surface area contributed by atoms with E-state index in [1.54, 1.807) is 0 Å². The Labute approximate surface area is 190 Å². The second-order valence-electron chi connectivity index (χ2n) is 8.14. The Kier molecular flexibility index (Phi) is 5.94. The Bertz CT molecular complexity index is 1050. The van der Waals surface area contributed by atoms with Crippen molar-refractivity contribution in [2.45, 2.75) is 11.8 Å². The van der Waals surface area contributed by atoms with Gasteiger partial charge in [-0.15, -0.1) is 0 Å². The first-order valence-electron chi connectivity index (χ1n) is 11.2. The molecule has 0 atom stereocenters. The molecule has 1 aliphatic rings. The molecule has 4 aromatic carbocycles. The largest absolute Gasteiger partial charge is 0.0622 e. The molecule has 5 rings (SSSR count). The molecule has 0 bridgehead atoms. The lowest BCUT2D eigenvalue weighted by Gasteiger charge is -2.31. The van der Waals surface area contributed by atoms with Crippen molar-refractivity contribution in [3.8, 4) is 0 Å². The van der Waals surface area contributed by atoms with Crippen molar-refractivity contribution < 1.29 is 0 Å². The van der Waals surface area contributed by atoms with Crippen molar-refractivity contribution in [2.24, 2.45) is 0 Å². The van der Waals surface area contributed by atoms with E-state index in [4.69, 9.17) is 0 Å². The minimum absolute atomic E-state index is 0.144. The van der Waals surface area contributed by atoms with Crippen molar-refractivity contribution in [3.05, 3.63) is 179 Å². The maximum absolute atomic E-state index is 2.26. The average molecular weight is 411 g/mol. The second kappa shape index (κ2) is 9.49. The molecule has 154 valence electrons. The van der Waals surface area contributed by atoms with E-state index in [2.05, 4.69) is 146 Å². The highest BCUT2D eigenvalue weighted by Crippen LogP contribution is 2.45. The Balaban J connectivity index is 1.81. The predicted octanol–water partition coefficient (Wildman–Crippen LogP) is 8.07. The summed E-state index contributed by atoms with van der Waals surface area (Å²) >= 11 is 0. The summed E-state index contributed by atoms with van der Waals surface area (Å²) in [5.74, 6) is 0.287. The lowest BCUT2D eigenvalue weighted by molar-refractivity contribution is 0.811. The van der Waals surface area contributed by atoms with Gasteiger partial charge in [0.2, 0.25) is 0 Å². The highest BCUT2D eigenvalue weighted by molar-refractivity contribution is 5.57. The average Bonchev–Trinajstić information content (AvgIpc) is 3.41. The summed E-state index contributed by atoms with van der Waals surface area (Å²) in [7, 11) is 0. The molecule has 0 saturated heterocycles. The predicted molar refractivity (Wildman–Crippen MR) is 135 cm³/mol. The van der Waals surface area contributed by atoms with Gasteiger partial charge in [0.05, 0.1) is 0 Å². The van der Waals surface area contributed by atoms with Crippen LogP contribution in [-0.2, 0) is 0 Å². The standard InChI is InChI=1S/C32H26/c1-5-15-25(16-6-1)30(26-17-7-2-8-18-26)32(29-23-13-14-24-29)31(27-19-9-3-10-20-27)28-21-11-4-12-22-28/h1-24,30-31H. The van der Waals surface area contributed by atoms with Crippen LogP contribution in [0.2, 0.25) is 0 Å². The molecule has 4 aromatic rings. The lowest BCUT2D eigenvalue weighted by atomic mass is 9.72. The van der Waals surface area contributed by atoms with Gasteiger partial charge in [0.25, 0.3) is 0 Å². The monoisotopic (exact) mass is 410 g/mol. The first-order valence-corrected chi connectivity index (χ1v) is 11.2. The number of benzene rings is 4. The molecule has 0 aliphatic heterocycles. The summed E-state index contributed by atoms with van der Waals surface area (Å²) in [5, 5.41) is 0. The normalized spacial score (nSPS) is 12.6. The minimum atomic E-state index is 0.144. The van der Waals surface area contributed by atoms with Gasteiger partial charge in [0.15, 0.2) is 0 Å². The minimum Gasteiger partial charge on any atom is -0.0622 e. The quantitative estimate of drug-likeness (QED) is 0.301. The molecular weight excluding hydrogens is 384 g/mol. The molecule has 0 fully saturated rings. The van der Waals surface area contributed by atoms with Crippen LogP contribution in [0.3, 0.4) is 0 Å². The van der Waals surface area contributed by atoms with E-state index < -0.39 is 0 Å². The van der Waals surface area contributed by atoms with Crippen molar-refractivity contribution >= 4 is 0 Å². The van der Waals surface area contributed by atoms with Crippen LogP contribution in [0.1, 0.15) is 34.1 Å². The first kappa shape index (κ1) is 20.0. The molecule has 0 amide bonds. The van der Waals surface area contributed by atoms with Crippen molar-refractivity contribution in [1.29, 1.82) is 0 Å². The number of hydrogen-bond donors (Lipinski definition) is 0. The van der Waals surface area contributed by atoms with Gasteiger partial charge in [-0.2, -0.15) is 0 Å². The molecular formula is C32H26. The fraction of sp³-hybridized carbons (Fsp3) is 0.0625. The van der Waals surface area contributed by atoms with Crippen molar-refractivity contribution in [1.82, 2.24) is 0 Å². The van der Waals surface area contributed by atoms with Crippen molar-refractivity contribution in [3.63, 3.8) is 0 Å². The third-order valence-corrected chi connectivity index (χ3v) is 6.15. The van der Waals surface area contributed by atoms with E-state index in [1.165, 1.54) is 33.4 Å². The van der Waals surface area contributed by atoms with E-state index in [-0.39, 0.29) is 11.8 Å². The summed E-state index contributed by atoms with van der Waals surface area (Å²) in [6.07, 6.45) is 8.81. The topological polar surface area (TPSA) is 0 Å². The van der Waals surface area contributed by atoms with Gasteiger partial charge in [0, 0.05) is 11.8 Å². The maximum Gasteiger partial charge on any atom is 0.0317 e. The molecule has 0 spiro atoms. The molecule has 0 heterocycles. The molecule has 0 aromatic heterocycles. The Hall–Kier alpha value is -3.90. The molecule has 0 radical (unpaired) electrons. The van der Waals surface area contributed by atoms with Gasteiger partial charge in [-0.3, -0.25) is 0 Å². The third-order valence-electron chi connectivity index (χ3n) is 6.15. The summed E-state index contributed by atoms with van der Waals surface area (Å²) in [5.41, 5.74) is 7.95. The molecule has 0 heteroatoms. The van der Waals surface area contributed by atoms with Crippen LogP contribution in [0.5, 0.6) is 0 Å². The van der Waals surface area contributed by atoms with Gasteiger partial charge in [0.1, 0.15) is 0 Å². The van der Waals surface area contributed by atoms with Gasteiger partial charge in [-0.05, 0) is 33.4 Å². The summed E-state index contributed by atoms with van der Waals surface area (Å²) in [6.45, 7) is 0. The van der Waals surface area contributed by atoms with Gasteiger partial charge < -0.3 is 0 Å². The lowest BCUT2D eigenvalue weighted by Crippen LogP contribution is -2.15. The van der Waals surface area contributed by atoms with Crippen LogP contribution in [0.15, 0.2) is 157 Å². The highest BCUT2D eigenvalue weighted by Gasteiger charge is 2.30. The zero-order chi connectivity index (χ0) is 21.6. The fourth-order valence-electron chi connectivity index (χ4n) is 4.75. The second-order valence-corrected chi connectivity index (χ2v) is 8.14. The van der Waals surface area contributed by atoms with E-state index in [0.717, 1.165) is 0 Å². The summed E-state index contributed by atoms with van der Waals surface area (Å²) in [6, 6.07) is 43.6. The molecule has 0 saturated carbocycles. The number of hydrogen-bond acceptors (Lipinski definition) is 0. The first-order chi connectivity index (χ1) is 15.9. The van der Waals surface area contributed by atoms with Crippen LogP contribution in [-0.4, -0.2) is 0 Å². The molecule has 0 nitrogen and oxygen atoms in total. The molecule has 1 aliphatic carbocycles. The zero-order valence-corrected chi connectivity index (χ0v) is 18.0. The third kappa shape index (κ3) is 4.13. The maximum atomic E-state index is 2.26. The van der Waals surface area contributed by atoms with Crippen LogP contribution in [0, 0.1) is 0 Å². The van der Waals surface area contributed by atoms with Crippen LogP contribution < -0.4 is 0 Å². The zero-order valence-electron chi connectivity index (χ0n) is 18.0. The van der Waals surface area contributed by atoms with E-state index in [0.29, 0.717) is 0 Å². The van der Waals surface area contributed by atoms with Gasteiger partial charge in [-0.25, -0.2) is 0 Å². The fourth-order valence-corrected chi connectivity index (χ4v) is 4.75. The molecule has 0 N–H and O–H groups in total. The van der Waals surface area contributed by atoms with E-state index >= 15 is 0 Å². The van der Waals surface area contributed by atoms with Gasteiger partial charge >= 0.3 is 0 Å². The van der Waals surface area contributed by atoms with Crippen LogP contribution in [0.25, 0.3) is 0 Å². The van der Waals surface area contributed by atoms with Crippen molar-refractivity contribution in [2.75, 3.05) is 0 Å². The molecule has 32 heavy (non-hydrogen) atoms. The van der Waals surface area contributed by atoms with Crippen LogP contribution >= 0.6 is 0 Å². The molecule has 0 unspecified atom stereocenters. The Morgan fingerprint density at radius 2 is 0.656 bits per heavy atom. The van der Waals surface area contributed by atoms with Gasteiger partial charge in [-0.1, -0.05) is 146 Å². The Morgan fingerprint density at radius 3 is 0.938 bits per heavy atom. The SMILES string of the molecule is C1=CC(=C(C(c2ccccc2)c2ccccc2)C(c2ccccc2)c2ccccc2)C=C1. The van der Waals surface area contributed by atoms with Crippen LogP contribution in [0.4, 0.5) is 0 Å². The Morgan fingerprint density at radius 1 is 0.375 bits per heavy atom. The van der Waals surface area contributed by atoms with E-state index in [9.17, 15) is 0 Å². The highest BCUT2D eigenvalue weighted by atomic mass is 14.3. The summed E-state index contributed by atoms with van der Waals surface area (Å²) in [4.78, 5) is 0. The number of rotatable bonds is 6. The van der Waals surface area contributed by atoms with E-state index in [1.807, 2.05) is 0 Å². The number of allylic oxidation sites excluding steroid dienone is 6.